The maximum absolute atomic E-state index is 15.0. The van der Waals surface area contributed by atoms with Gasteiger partial charge in [-0.2, -0.15) is 26.3 Å². The summed E-state index contributed by atoms with van der Waals surface area (Å²) in [6.45, 7) is 0. The molecule has 3 rings (SSSR count). The SMILES string of the molecule is CN(NC(=O)c1ccc(/C(F)=C/C(c2ccc(OC(F)(F)F)c(Cl)c2)C(F)(F)F)cc1C(F)(F)F)c1ccccn1. The van der Waals surface area contributed by atoms with Gasteiger partial charge in [0.25, 0.3) is 5.91 Å². The lowest BCUT2D eigenvalue weighted by molar-refractivity contribution is -0.274. The first-order valence-electron chi connectivity index (χ1n) is 11.0. The van der Waals surface area contributed by atoms with Gasteiger partial charge >= 0.3 is 18.7 Å². The molecular weight excluding hydrogens is 600 g/mol. The van der Waals surface area contributed by atoms with Crippen molar-refractivity contribution in [2.75, 3.05) is 12.1 Å². The molecular formula is C25H16ClF10N3O2. The summed E-state index contributed by atoms with van der Waals surface area (Å²) in [4.78, 5) is 16.5. The Bertz CT molecular complexity index is 1420. The Morgan fingerprint density at radius 2 is 1.68 bits per heavy atom. The van der Waals surface area contributed by atoms with Gasteiger partial charge in [0.2, 0.25) is 0 Å². The molecule has 1 aromatic heterocycles. The maximum atomic E-state index is 15.0. The number of alkyl halides is 9. The van der Waals surface area contributed by atoms with E-state index in [0.29, 0.717) is 30.3 Å². The summed E-state index contributed by atoms with van der Waals surface area (Å²) >= 11 is 5.60. The third-order valence-corrected chi connectivity index (χ3v) is 5.61. The summed E-state index contributed by atoms with van der Waals surface area (Å²) < 4.78 is 139. The van der Waals surface area contributed by atoms with Gasteiger partial charge in [0, 0.05) is 18.8 Å². The van der Waals surface area contributed by atoms with Crippen LogP contribution in [-0.2, 0) is 6.18 Å². The van der Waals surface area contributed by atoms with E-state index in [2.05, 4.69) is 15.1 Å². The number of hydrogen-bond acceptors (Lipinski definition) is 4. The van der Waals surface area contributed by atoms with E-state index in [1.807, 2.05) is 0 Å². The molecule has 1 unspecified atom stereocenters. The van der Waals surface area contributed by atoms with Gasteiger partial charge in [-0.05, 0) is 48.0 Å². The molecule has 0 aliphatic heterocycles. The van der Waals surface area contributed by atoms with Crippen LogP contribution in [0, 0.1) is 0 Å². The molecule has 3 aromatic rings. The minimum absolute atomic E-state index is 0.0694. The number of hydrogen-bond donors (Lipinski definition) is 1. The standard InChI is InChI=1S/C25H16ClF10N3O2/c1-39(21-4-2-3-9-37-21)38-22(40)15-7-5-14(10-17(15)24(31,32)33)19(27)12-16(23(28,29)30)13-6-8-20(18(26)11-13)41-25(34,35)36/h2-12,16H,1H3,(H,38,40)/b19-12-. The zero-order valence-electron chi connectivity index (χ0n) is 20.3. The fraction of sp³-hybridized carbons (Fsp3) is 0.200. The topological polar surface area (TPSA) is 54.5 Å². The van der Waals surface area contributed by atoms with Crippen molar-refractivity contribution in [2.45, 2.75) is 24.6 Å². The summed E-state index contributed by atoms with van der Waals surface area (Å²) in [5, 5.41) is 0.134. The average molecular weight is 616 g/mol. The minimum atomic E-state index is -5.24. The number of ether oxygens (including phenoxy) is 1. The summed E-state index contributed by atoms with van der Waals surface area (Å²) in [6.07, 6.45) is -14.4. The predicted molar refractivity (Wildman–Crippen MR) is 128 cm³/mol. The second-order valence-corrected chi connectivity index (χ2v) is 8.62. The van der Waals surface area contributed by atoms with E-state index in [4.69, 9.17) is 11.6 Å². The number of pyridine rings is 1. The molecule has 0 fully saturated rings. The third-order valence-electron chi connectivity index (χ3n) is 5.31. The fourth-order valence-corrected chi connectivity index (χ4v) is 3.72. The Labute approximate surface area is 230 Å². The van der Waals surface area contributed by atoms with Crippen LogP contribution in [0.4, 0.5) is 49.7 Å². The van der Waals surface area contributed by atoms with E-state index in [-0.39, 0.29) is 18.0 Å². The van der Waals surface area contributed by atoms with E-state index < -0.39 is 69.4 Å². The van der Waals surface area contributed by atoms with E-state index in [0.717, 1.165) is 5.01 Å². The Balaban J connectivity index is 1.98. The normalized spacial score (nSPS) is 13.5. The molecule has 1 atom stereocenters. The Hall–Kier alpha value is -4.01. The van der Waals surface area contributed by atoms with Gasteiger partial charge in [0.15, 0.2) is 0 Å². The maximum Gasteiger partial charge on any atom is 0.573 e. The van der Waals surface area contributed by atoms with Gasteiger partial charge in [0.05, 0.1) is 16.1 Å². The van der Waals surface area contributed by atoms with Gasteiger partial charge in [-0.3, -0.25) is 15.2 Å². The predicted octanol–water partition coefficient (Wildman–Crippen LogP) is 8.09. The summed E-state index contributed by atoms with van der Waals surface area (Å²) in [7, 11) is 1.29. The Morgan fingerprint density at radius 3 is 2.22 bits per heavy atom. The first-order valence-corrected chi connectivity index (χ1v) is 11.4. The van der Waals surface area contributed by atoms with Crippen molar-refractivity contribution in [2.24, 2.45) is 0 Å². The Morgan fingerprint density at radius 1 is 1.00 bits per heavy atom. The number of hydrazine groups is 1. The molecule has 0 saturated carbocycles. The molecule has 0 saturated heterocycles. The number of carbonyl (C=O) groups excluding carboxylic acids is 1. The number of aromatic nitrogens is 1. The van der Waals surface area contributed by atoms with Crippen molar-refractivity contribution in [3.8, 4) is 5.75 Å². The lowest BCUT2D eigenvalue weighted by Crippen LogP contribution is -2.40. The summed E-state index contributed by atoms with van der Waals surface area (Å²) in [5.74, 6) is -6.72. The second kappa shape index (κ2) is 11.8. The number of benzene rings is 2. The van der Waals surface area contributed by atoms with Crippen LogP contribution in [0.5, 0.6) is 5.75 Å². The number of anilines is 1. The number of allylic oxidation sites excluding steroid dienone is 1. The molecule has 0 aliphatic carbocycles. The van der Waals surface area contributed by atoms with Crippen LogP contribution in [0.25, 0.3) is 5.83 Å². The monoisotopic (exact) mass is 615 g/mol. The van der Waals surface area contributed by atoms with Crippen molar-refractivity contribution >= 4 is 29.2 Å². The van der Waals surface area contributed by atoms with Gasteiger partial charge in [-0.15, -0.1) is 13.2 Å². The molecule has 2 aromatic carbocycles. The van der Waals surface area contributed by atoms with E-state index in [1.165, 1.54) is 19.3 Å². The second-order valence-electron chi connectivity index (χ2n) is 8.22. The van der Waals surface area contributed by atoms with Crippen LogP contribution in [0.15, 0.2) is 66.9 Å². The highest BCUT2D eigenvalue weighted by molar-refractivity contribution is 6.32. The fourth-order valence-electron chi connectivity index (χ4n) is 3.49. The Kier molecular flexibility index (Phi) is 9.11. The van der Waals surface area contributed by atoms with E-state index in [1.54, 1.807) is 12.1 Å². The van der Waals surface area contributed by atoms with Crippen LogP contribution < -0.4 is 15.2 Å². The molecule has 41 heavy (non-hydrogen) atoms. The number of nitrogens with one attached hydrogen (secondary N) is 1. The van der Waals surface area contributed by atoms with Crippen molar-refractivity contribution in [1.82, 2.24) is 10.4 Å². The summed E-state index contributed by atoms with van der Waals surface area (Å²) in [6, 6.07) is 7.41. The van der Waals surface area contributed by atoms with Crippen molar-refractivity contribution in [1.29, 1.82) is 0 Å². The van der Waals surface area contributed by atoms with E-state index >= 15 is 4.39 Å². The van der Waals surface area contributed by atoms with Crippen LogP contribution in [0.1, 0.15) is 33.0 Å². The molecule has 16 heteroatoms. The number of halogens is 11. The highest BCUT2D eigenvalue weighted by atomic mass is 35.5. The molecule has 0 spiro atoms. The minimum Gasteiger partial charge on any atom is -0.404 e. The zero-order valence-corrected chi connectivity index (χ0v) is 21.1. The lowest BCUT2D eigenvalue weighted by atomic mass is 9.95. The first-order chi connectivity index (χ1) is 18.9. The van der Waals surface area contributed by atoms with Crippen molar-refractivity contribution in [3.05, 3.63) is 94.1 Å². The van der Waals surface area contributed by atoms with Gasteiger partial charge < -0.3 is 4.74 Å². The number of amides is 1. The number of rotatable bonds is 7. The number of nitrogens with zero attached hydrogens (tertiary/aromatic N) is 2. The van der Waals surface area contributed by atoms with Crippen molar-refractivity contribution in [3.63, 3.8) is 0 Å². The highest BCUT2D eigenvalue weighted by Gasteiger charge is 2.41. The highest BCUT2D eigenvalue weighted by Crippen LogP contribution is 2.42. The molecule has 1 amide bonds. The smallest absolute Gasteiger partial charge is 0.404 e. The van der Waals surface area contributed by atoms with Crippen LogP contribution in [0.3, 0.4) is 0 Å². The molecule has 1 N–H and O–H groups in total. The molecule has 0 bridgehead atoms. The molecule has 0 aliphatic rings. The molecule has 220 valence electrons. The lowest BCUT2D eigenvalue weighted by Gasteiger charge is -2.21. The average Bonchev–Trinajstić information content (AvgIpc) is 2.86. The first kappa shape index (κ1) is 31.5. The molecule has 0 radical (unpaired) electrons. The largest absolute Gasteiger partial charge is 0.573 e. The third kappa shape index (κ3) is 8.25. The van der Waals surface area contributed by atoms with Gasteiger partial charge in [-0.25, -0.2) is 9.37 Å². The van der Waals surface area contributed by atoms with Crippen molar-refractivity contribution < 1.29 is 53.4 Å². The molecule has 5 nitrogen and oxygen atoms in total. The van der Waals surface area contributed by atoms with Gasteiger partial charge in [-0.1, -0.05) is 29.8 Å². The van der Waals surface area contributed by atoms with Crippen LogP contribution >= 0.6 is 11.6 Å². The van der Waals surface area contributed by atoms with Crippen LogP contribution in [-0.4, -0.2) is 30.5 Å². The van der Waals surface area contributed by atoms with Gasteiger partial charge in [0.1, 0.15) is 23.3 Å². The summed E-state index contributed by atoms with van der Waals surface area (Å²) in [5.41, 5.74) is -2.23. The zero-order chi connectivity index (χ0) is 30.8. The van der Waals surface area contributed by atoms with Crippen LogP contribution in [0.2, 0.25) is 5.02 Å². The molecule has 1 heterocycles. The quantitative estimate of drug-likeness (QED) is 0.216. The number of carbonyl (C=O) groups is 1. The van der Waals surface area contributed by atoms with E-state index in [9.17, 15) is 44.3 Å².